The number of carbonyl (C=O) groups is 1. The van der Waals surface area contributed by atoms with Crippen molar-refractivity contribution in [2.24, 2.45) is 5.73 Å². The molecule has 82 valence electrons. The lowest BCUT2D eigenvalue weighted by atomic mass is 9.79. The van der Waals surface area contributed by atoms with Crippen LogP contribution in [0.5, 0.6) is 0 Å². The molecule has 5 heteroatoms. The predicted molar refractivity (Wildman–Crippen MR) is 56.6 cm³/mol. The third-order valence-corrected chi connectivity index (χ3v) is 3.30. The Morgan fingerprint density at radius 3 is 3.13 bits per heavy atom. The molecule has 0 saturated carbocycles. The maximum atomic E-state index is 11.7. The zero-order valence-corrected chi connectivity index (χ0v) is 9.23. The molecule has 3 N–H and O–H groups in total. The fourth-order valence-corrected chi connectivity index (χ4v) is 2.39. The van der Waals surface area contributed by atoms with E-state index in [1.54, 1.807) is 6.20 Å². The Bertz CT molecular complexity index is 402. The molecule has 1 heterocycles. The second-order valence-corrected chi connectivity index (χ2v) is 4.19. The van der Waals surface area contributed by atoms with E-state index >= 15 is 0 Å². The monoisotopic (exact) mass is 228 g/mol. The van der Waals surface area contributed by atoms with Crippen LogP contribution in [0.3, 0.4) is 0 Å². The Hall–Kier alpha value is -1.00. The van der Waals surface area contributed by atoms with Gasteiger partial charge in [0.25, 0.3) is 0 Å². The van der Waals surface area contributed by atoms with Gasteiger partial charge in [0.05, 0.1) is 7.11 Å². The second kappa shape index (κ2) is 3.54. The molecule has 15 heavy (non-hydrogen) atoms. The van der Waals surface area contributed by atoms with Crippen LogP contribution in [0.15, 0.2) is 6.20 Å². The maximum Gasteiger partial charge on any atom is 0.330 e. The van der Waals surface area contributed by atoms with Crippen molar-refractivity contribution >= 4 is 17.6 Å². The summed E-state index contributed by atoms with van der Waals surface area (Å²) >= 11 is 5.97. The number of carbonyl (C=O) groups excluding carboxylic acids is 1. The summed E-state index contributed by atoms with van der Waals surface area (Å²) in [5.74, 6) is -0.404. The smallest absolute Gasteiger partial charge is 0.330 e. The van der Waals surface area contributed by atoms with E-state index in [1.165, 1.54) is 7.11 Å². The van der Waals surface area contributed by atoms with Gasteiger partial charge in [-0.05, 0) is 24.8 Å². The number of nitrogens with two attached hydrogens (primary N) is 1. The minimum absolute atomic E-state index is 0.404. The number of halogens is 1. The molecule has 1 aromatic heterocycles. The first-order valence-electron chi connectivity index (χ1n) is 4.83. The fraction of sp³-hybridized carbons (Fsp3) is 0.500. The van der Waals surface area contributed by atoms with Crippen LogP contribution in [0.4, 0.5) is 0 Å². The van der Waals surface area contributed by atoms with Gasteiger partial charge in [-0.2, -0.15) is 0 Å². The summed E-state index contributed by atoms with van der Waals surface area (Å²) in [5, 5.41) is 0.573. The van der Waals surface area contributed by atoms with Gasteiger partial charge in [-0.25, -0.2) is 4.79 Å². The molecule has 1 atom stereocenters. The van der Waals surface area contributed by atoms with Crippen LogP contribution in [-0.2, 0) is 21.5 Å². The van der Waals surface area contributed by atoms with Gasteiger partial charge in [0.2, 0.25) is 0 Å². The first-order chi connectivity index (χ1) is 7.09. The highest BCUT2D eigenvalue weighted by molar-refractivity contribution is 6.30. The van der Waals surface area contributed by atoms with Gasteiger partial charge in [-0.3, -0.25) is 0 Å². The molecule has 1 aromatic rings. The topological polar surface area (TPSA) is 68.1 Å². The minimum Gasteiger partial charge on any atom is -0.467 e. The molecule has 0 bridgehead atoms. The van der Waals surface area contributed by atoms with E-state index in [1.807, 2.05) is 0 Å². The lowest BCUT2D eigenvalue weighted by Crippen LogP contribution is -2.47. The Kier molecular flexibility index (Phi) is 2.48. The molecule has 2 rings (SSSR count). The van der Waals surface area contributed by atoms with Crippen LogP contribution in [0.1, 0.15) is 24.0 Å². The maximum absolute atomic E-state index is 11.7. The summed E-state index contributed by atoms with van der Waals surface area (Å²) in [5.41, 5.74) is 6.76. The summed E-state index contributed by atoms with van der Waals surface area (Å²) in [7, 11) is 1.35. The first-order valence-corrected chi connectivity index (χ1v) is 5.21. The highest BCUT2D eigenvalue weighted by atomic mass is 35.5. The molecule has 0 fully saturated rings. The largest absolute Gasteiger partial charge is 0.467 e. The summed E-state index contributed by atoms with van der Waals surface area (Å²) in [6.07, 6.45) is 4.00. The molecule has 1 aliphatic rings. The summed E-state index contributed by atoms with van der Waals surface area (Å²) in [6, 6.07) is 0. The van der Waals surface area contributed by atoms with Crippen molar-refractivity contribution in [3.05, 3.63) is 22.5 Å². The van der Waals surface area contributed by atoms with Crippen molar-refractivity contribution < 1.29 is 9.53 Å². The number of H-pyrrole nitrogens is 1. The lowest BCUT2D eigenvalue weighted by molar-refractivity contribution is -0.148. The third kappa shape index (κ3) is 1.44. The van der Waals surface area contributed by atoms with Crippen molar-refractivity contribution in [2.75, 3.05) is 7.11 Å². The molecule has 1 aliphatic carbocycles. The second-order valence-electron chi connectivity index (χ2n) is 3.81. The molecular formula is C10H13ClN2O2. The average Bonchev–Trinajstić information content (AvgIpc) is 2.61. The molecule has 0 aliphatic heterocycles. The van der Waals surface area contributed by atoms with Gasteiger partial charge in [0, 0.05) is 11.8 Å². The zero-order valence-electron chi connectivity index (χ0n) is 8.47. The third-order valence-electron chi connectivity index (χ3n) is 2.96. The Labute approximate surface area is 92.7 Å². The van der Waals surface area contributed by atoms with Crippen LogP contribution < -0.4 is 5.73 Å². The minimum atomic E-state index is -1.04. The van der Waals surface area contributed by atoms with E-state index in [0.29, 0.717) is 11.6 Å². The Morgan fingerprint density at radius 1 is 1.73 bits per heavy atom. The van der Waals surface area contributed by atoms with Crippen molar-refractivity contribution in [2.45, 2.75) is 24.8 Å². The van der Waals surface area contributed by atoms with Crippen LogP contribution in [0.2, 0.25) is 5.15 Å². The van der Waals surface area contributed by atoms with E-state index in [4.69, 9.17) is 22.1 Å². The molecule has 0 radical (unpaired) electrons. The fourth-order valence-electron chi connectivity index (χ4n) is 2.14. The highest BCUT2D eigenvalue weighted by Gasteiger charge is 2.42. The van der Waals surface area contributed by atoms with Crippen molar-refractivity contribution in [3.63, 3.8) is 0 Å². The molecule has 0 saturated heterocycles. The van der Waals surface area contributed by atoms with Crippen LogP contribution in [0, 0.1) is 0 Å². The number of aromatic nitrogens is 1. The van der Waals surface area contributed by atoms with Crippen LogP contribution >= 0.6 is 11.6 Å². The molecule has 0 aromatic carbocycles. The van der Waals surface area contributed by atoms with E-state index < -0.39 is 11.5 Å². The van der Waals surface area contributed by atoms with E-state index in [9.17, 15) is 4.79 Å². The lowest BCUT2D eigenvalue weighted by Gasteiger charge is -2.30. The number of ether oxygens (including phenoxy) is 1. The molecule has 0 amide bonds. The molecule has 4 nitrogen and oxygen atoms in total. The van der Waals surface area contributed by atoms with Gasteiger partial charge < -0.3 is 15.5 Å². The highest BCUT2D eigenvalue weighted by Crippen LogP contribution is 2.37. The predicted octanol–water partition coefficient (Wildman–Crippen LogP) is 1.33. The number of esters is 1. The van der Waals surface area contributed by atoms with Gasteiger partial charge in [0.15, 0.2) is 0 Å². The Morgan fingerprint density at radius 2 is 2.47 bits per heavy atom. The van der Waals surface area contributed by atoms with Crippen molar-refractivity contribution in [1.82, 2.24) is 4.98 Å². The van der Waals surface area contributed by atoms with E-state index in [0.717, 1.165) is 24.0 Å². The van der Waals surface area contributed by atoms with Gasteiger partial charge in [0.1, 0.15) is 10.7 Å². The zero-order chi connectivity index (χ0) is 11.1. The summed E-state index contributed by atoms with van der Waals surface area (Å²) in [4.78, 5) is 14.5. The van der Waals surface area contributed by atoms with Crippen LogP contribution in [0.25, 0.3) is 0 Å². The van der Waals surface area contributed by atoms with E-state index in [2.05, 4.69) is 4.98 Å². The Balaban J connectivity index is 2.49. The number of methoxy groups -OCH3 is 1. The van der Waals surface area contributed by atoms with Crippen LogP contribution in [-0.4, -0.2) is 18.1 Å². The van der Waals surface area contributed by atoms with Crippen molar-refractivity contribution in [3.8, 4) is 0 Å². The quantitative estimate of drug-likeness (QED) is 0.713. The molecular weight excluding hydrogens is 216 g/mol. The number of aromatic amines is 1. The number of hydrogen-bond donors (Lipinski definition) is 2. The number of fused-ring (bicyclic) bond motifs is 1. The summed E-state index contributed by atoms with van der Waals surface area (Å²) < 4.78 is 4.74. The molecule has 0 spiro atoms. The number of rotatable bonds is 1. The van der Waals surface area contributed by atoms with Gasteiger partial charge in [-0.1, -0.05) is 11.6 Å². The first kappa shape index (κ1) is 10.5. The van der Waals surface area contributed by atoms with E-state index in [-0.39, 0.29) is 0 Å². The van der Waals surface area contributed by atoms with Crippen molar-refractivity contribution in [1.29, 1.82) is 0 Å². The summed E-state index contributed by atoms with van der Waals surface area (Å²) in [6.45, 7) is 0. The van der Waals surface area contributed by atoms with Gasteiger partial charge in [-0.15, -0.1) is 0 Å². The number of hydrogen-bond acceptors (Lipinski definition) is 3. The average molecular weight is 229 g/mol. The SMILES string of the molecule is COC(=O)C1(N)CCCc2c1c[nH]c2Cl. The van der Waals surface area contributed by atoms with Gasteiger partial charge >= 0.3 is 5.97 Å². The molecule has 1 unspecified atom stereocenters. The normalized spacial score (nSPS) is 24.7. The standard InChI is InChI=1S/C10H13ClN2O2/c1-15-9(14)10(12)4-2-3-6-7(10)5-13-8(6)11/h5,13H,2-4,12H2,1H3. The number of nitrogens with one attached hydrogen (secondary N) is 1.